The molecule has 0 saturated carbocycles. The van der Waals surface area contributed by atoms with Crippen molar-refractivity contribution in [3.05, 3.63) is 47.5 Å². The minimum Gasteiger partial charge on any atom is -0.494 e. The zero-order valence-corrected chi connectivity index (χ0v) is 25.5. The van der Waals surface area contributed by atoms with E-state index in [-0.39, 0.29) is 12.6 Å². The summed E-state index contributed by atoms with van der Waals surface area (Å²) in [5.74, 6) is 1.73. The van der Waals surface area contributed by atoms with Gasteiger partial charge < -0.3 is 29.0 Å². The zero-order valence-electron chi connectivity index (χ0n) is 24.6. The van der Waals surface area contributed by atoms with E-state index >= 15 is 0 Å². The van der Waals surface area contributed by atoms with Crippen LogP contribution in [0.2, 0.25) is 0 Å². The number of aliphatic hydroxyl groups is 1. The SMILES string of the molecule is CCOC(=O)C(C)(C)Oc1ccc(OCCCCN2CCN(CC(O)COc3ccc4sc(C)nc4c3)CC2)cc1. The Morgan fingerprint density at radius 3 is 2.41 bits per heavy atom. The highest BCUT2D eigenvalue weighted by atomic mass is 32.1. The van der Waals surface area contributed by atoms with Gasteiger partial charge in [0.2, 0.25) is 0 Å². The molecule has 1 aliphatic rings. The van der Waals surface area contributed by atoms with Crippen LogP contribution in [0.1, 0.15) is 38.6 Å². The molecule has 1 atom stereocenters. The van der Waals surface area contributed by atoms with Crippen molar-refractivity contribution in [2.75, 3.05) is 59.1 Å². The first-order valence-corrected chi connectivity index (χ1v) is 15.3. The van der Waals surface area contributed by atoms with Gasteiger partial charge >= 0.3 is 5.97 Å². The van der Waals surface area contributed by atoms with Crippen molar-refractivity contribution in [1.29, 1.82) is 0 Å². The quantitative estimate of drug-likeness (QED) is 0.204. The predicted octanol–water partition coefficient (Wildman–Crippen LogP) is 4.54. The van der Waals surface area contributed by atoms with Gasteiger partial charge in [-0.2, -0.15) is 0 Å². The number of thiazole rings is 1. The molecule has 9 nitrogen and oxygen atoms in total. The largest absolute Gasteiger partial charge is 0.494 e. The van der Waals surface area contributed by atoms with Gasteiger partial charge in [0, 0.05) is 38.8 Å². The number of hydrogen-bond donors (Lipinski definition) is 1. The molecule has 2 heterocycles. The van der Waals surface area contributed by atoms with Crippen molar-refractivity contribution >= 4 is 27.5 Å². The fraction of sp³-hybridized carbons (Fsp3) is 0.548. The van der Waals surface area contributed by atoms with E-state index in [1.807, 2.05) is 37.3 Å². The monoisotopic (exact) mass is 585 g/mol. The molecule has 41 heavy (non-hydrogen) atoms. The normalized spacial score (nSPS) is 15.5. The fourth-order valence-electron chi connectivity index (χ4n) is 4.72. The first kappa shape index (κ1) is 31.0. The Hall–Kier alpha value is -2.92. The second-order valence-electron chi connectivity index (χ2n) is 10.8. The molecule has 0 spiro atoms. The number of piperazine rings is 1. The van der Waals surface area contributed by atoms with Crippen LogP contribution in [0.5, 0.6) is 17.2 Å². The molecule has 224 valence electrons. The highest BCUT2D eigenvalue weighted by molar-refractivity contribution is 7.18. The summed E-state index contributed by atoms with van der Waals surface area (Å²) < 4.78 is 23.7. The Labute approximate surface area is 247 Å². The van der Waals surface area contributed by atoms with E-state index in [1.54, 1.807) is 44.2 Å². The molecule has 1 saturated heterocycles. The van der Waals surface area contributed by atoms with Crippen molar-refractivity contribution in [2.45, 2.75) is 52.2 Å². The number of ether oxygens (including phenoxy) is 4. The maximum absolute atomic E-state index is 12.0. The van der Waals surface area contributed by atoms with Crippen LogP contribution in [-0.2, 0) is 9.53 Å². The zero-order chi connectivity index (χ0) is 29.2. The van der Waals surface area contributed by atoms with Crippen LogP contribution in [0.25, 0.3) is 10.2 Å². The van der Waals surface area contributed by atoms with Crippen molar-refractivity contribution in [3.63, 3.8) is 0 Å². The third kappa shape index (κ3) is 9.56. The summed E-state index contributed by atoms with van der Waals surface area (Å²) in [5, 5.41) is 11.6. The first-order valence-electron chi connectivity index (χ1n) is 14.4. The number of esters is 1. The Morgan fingerprint density at radius 1 is 1.00 bits per heavy atom. The van der Waals surface area contributed by atoms with Crippen LogP contribution in [0.3, 0.4) is 0 Å². The lowest BCUT2D eigenvalue weighted by Gasteiger charge is -2.35. The smallest absolute Gasteiger partial charge is 0.349 e. The predicted molar refractivity (Wildman–Crippen MR) is 161 cm³/mol. The third-order valence-electron chi connectivity index (χ3n) is 6.94. The average molecular weight is 586 g/mol. The van der Waals surface area contributed by atoms with Crippen LogP contribution >= 0.6 is 11.3 Å². The standard InChI is InChI=1S/C31H43N3O6S/c1-5-37-30(36)31(3,4)40-26-10-8-25(9-11-26)38-19-7-6-14-33-15-17-34(18-16-33)21-24(35)22-39-27-12-13-29-28(20-27)32-23(2)41-29/h8-13,20,24,35H,5-7,14-19,21-22H2,1-4H3. The third-order valence-corrected chi connectivity index (χ3v) is 7.90. The van der Waals surface area contributed by atoms with E-state index in [0.717, 1.165) is 72.3 Å². The van der Waals surface area contributed by atoms with Gasteiger partial charge in [0.25, 0.3) is 0 Å². The number of aromatic nitrogens is 1. The molecule has 3 aromatic rings. The molecule has 1 aliphatic heterocycles. The van der Waals surface area contributed by atoms with E-state index in [0.29, 0.717) is 25.5 Å². The number of rotatable bonds is 15. The molecule has 1 aromatic heterocycles. The topological polar surface area (TPSA) is 93.6 Å². The summed E-state index contributed by atoms with van der Waals surface area (Å²) >= 11 is 1.67. The van der Waals surface area contributed by atoms with Crippen molar-refractivity contribution in [3.8, 4) is 17.2 Å². The van der Waals surface area contributed by atoms with Gasteiger partial charge in [-0.05, 0) is 83.5 Å². The molecule has 2 aromatic carbocycles. The Kier molecular flexibility index (Phi) is 11.2. The van der Waals surface area contributed by atoms with E-state index < -0.39 is 11.7 Å². The van der Waals surface area contributed by atoms with Gasteiger partial charge in [-0.25, -0.2) is 9.78 Å². The molecule has 0 aliphatic carbocycles. The summed E-state index contributed by atoms with van der Waals surface area (Å²) in [6.45, 7) is 13.9. The maximum atomic E-state index is 12.0. The van der Waals surface area contributed by atoms with Gasteiger partial charge in [0.05, 0.1) is 28.4 Å². The molecule has 0 bridgehead atoms. The Morgan fingerprint density at radius 2 is 1.68 bits per heavy atom. The van der Waals surface area contributed by atoms with Crippen LogP contribution < -0.4 is 14.2 Å². The van der Waals surface area contributed by atoms with Gasteiger partial charge in [-0.3, -0.25) is 4.90 Å². The van der Waals surface area contributed by atoms with E-state index in [1.165, 1.54) is 0 Å². The van der Waals surface area contributed by atoms with Gasteiger partial charge in [-0.15, -0.1) is 11.3 Å². The maximum Gasteiger partial charge on any atom is 0.349 e. The lowest BCUT2D eigenvalue weighted by atomic mass is 10.1. The molecule has 0 radical (unpaired) electrons. The van der Waals surface area contributed by atoms with Crippen LogP contribution in [0.4, 0.5) is 0 Å². The fourth-order valence-corrected chi connectivity index (χ4v) is 5.53. The molecule has 1 N–H and O–H groups in total. The van der Waals surface area contributed by atoms with E-state index in [4.69, 9.17) is 18.9 Å². The minimum absolute atomic E-state index is 0.274. The Bertz CT molecular complexity index is 1240. The number of unbranched alkanes of at least 4 members (excludes halogenated alkanes) is 1. The summed E-state index contributed by atoms with van der Waals surface area (Å²) in [6, 6.07) is 13.2. The van der Waals surface area contributed by atoms with Crippen molar-refractivity contribution < 1.29 is 28.8 Å². The van der Waals surface area contributed by atoms with Crippen LogP contribution in [0.15, 0.2) is 42.5 Å². The first-order chi connectivity index (χ1) is 19.7. The molecule has 10 heteroatoms. The molecular weight excluding hydrogens is 542 g/mol. The minimum atomic E-state index is -1.05. The highest BCUT2D eigenvalue weighted by Crippen LogP contribution is 2.26. The Balaban J connectivity index is 1.06. The second-order valence-corrected chi connectivity index (χ2v) is 12.1. The number of β-amino-alcohol motifs (C(OH)–C–C–N with tert-alkyl or cyclic N) is 1. The summed E-state index contributed by atoms with van der Waals surface area (Å²) in [4.78, 5) is 21.3. The number of aliphatic hydroxyl groups excluding tert-OH is 1. The molecule has 0 amide bonds. The number of fused-ring (bicyclic) bond motifs is 1. The van der Waals surface area contributed by atoms with Gasteiger partial charge in [-0.1, -0.05) is 0 Å². The number of hydrogen-bond acceptors (Lipinski definition) is 10. The van der Waals surface area contributed by atoms with Gasteiger partial charge in [0.15, 0.2) is 5.60 Å². The summed E-state index contributed by atoms with van der Waals surface area (Å²) in [6.07, 6.45) is 1.50. The van der Waals surface area contributed by atoms with Gasteiger partial charge in [0.1, 0.15) is 30.0 Å². The number of aryl methyl sites for hydroxylation is 1. The molecular formula is C31H43N3O6S. The number of nitrogens with zero attached hydrogens (tertiary/aromatic N) is 3. The second kappa shape index (κ2) is 14.8. The lowest BCUT2D eigenvalue weighted by Crippen LogP contribution is -2.49. The van der Waals surface area contributed by atoms with Crippen molar-refractivity contribution in [1.82, 2.24) is 14.8 Å². The summed E-state index contributed by atoms with van der Waals surface area (Å²) in [7, 11) is 0. The molecule has 4 rings (SSSR count). The number of benzene rings is 2. The lowest BCUT2D eigenvalue weighted by molar-refractivity contribution is -0.158. The number of carbonyl (C=O) groups is 1. The van der Waals surface area contributed by atoms with Crippen LogP contribution in [-0.4, -0.2) is 96.7 Å². The average Bonchev–Trinajstić information content (AvgIpc) is 3.33. The highest BCUT2D eigenvalue weighted by Gasteiger charge is 2.31. The molecule has 1 unspecified atom stereocenters. The van der Waals surface area contributed by atoms with E-state index in [9.17, 15) is 9.90 Å². The van der Waals surface area contributed by atoms with Crippen molar-refractivity contribution in [2.24, 2.45) is 0 Å². The van der Waals surface area contributed by atoms with Crippen LogP contribution in [0, 0.1) is 6.92 Å². The summed E-state index contributed by atoms with van der Waals surface area (Å²) in [5.41, 5.74) is -0.102. The number of carbonyl (C=O) groups excluding carboxylic acids is 1. The van der Waals surface area contributed by atoms with E-state index in [2.05, 4.69) is 14.8 Å². The molecule has 1 fully saturated rings.